The van der Waals surface area contributed by atoms with Crippen LogP contribution in [0.4, 0.5) is 5.82 Å². The van der Waals surface area contributed by atoms with Crippen molar-refractivity contribution in [3.63, 3.8) is 0 Å². The Kier molecular flexibility index (Phi) is 5.47. The standard InChI is InChI=1S/C11H19N3S/c1-4-6-9-13-10(12-7-5-2)8-11(14-9)15-3/h8H,4-7H2,1-3H3,(H,12,13,14). The number of hydrogen-bond donors (Lipinski definition) is 1. The van der Waals surface area contributed by atoms with Gasteiger partial charge in [-0.25, -0.2) is 9.97 Å². The second kappa shape index (κ2) is 6.67. The summed E-state index contributed by atoms with van der Waals surface area (Å²) in [6, 6.07) is 2.01. The molecule has 0 aliphatic heterocycles. The molecule has 0 unspecified atom stereocenters. The fraction of sp³-hybridized carbons (Fsp3) is 0.636. The molecule has 1 rings (SSSR count). The second-order valence-corrected chi connectivity index (χ2v) is 4.22. The largest absolute Gasteiger partial charge is 0.370 e. The number of nitrogens with one attached hydrogen (secondary N) is 1. The van der Waals surface area contributed by atoms with Gasteiger partial charge >= 0.3 is 0 Å². The Morgan fingerprint density at radius 2 is 2.07 bits per heavy atom. The zero-order valence-electron chi connectivity index (χ0n) is 9.71. The van der Waals surface area contributed by atoms with Crippen molar-refractivity contribution in [1.29, 1.82) is 0 Å². The van der Waals surface area contributed by atoms with Crippen molar-refractivity contribution >= 4 is 17.6 Å². The fourth-order valence-electron chi connectivity index (χ4n) is 1.26. The van der Waals surface area contributed by atoms with E-state index >= 15 is 0 Å². The lowest BCUT2D eigenvalue weighted by atomic mass is 10.3. The van der Waals surface area contributed by atoms with Crippen molar-refractivity contribution in [2.24, 2.45) is 0 Å². The van der Waals surface area contributed by atoms with Gasteiger partial charge in [0, 0.05) is 19.0 Å². The molecule has 1 aromatic heterocycles. The molecule has 1 N–H and O–H groups in total. The predicted molar refractivity (Wildman–Crippen MR) is 66.6 cm³/mol. The van der Waals surface area contributed by atoms with Gasteiger partial charge in [-0.3, -0.25) is 0 Å². The first-order valence-corrected chi connectivity index (χ1v) is 6.68. The molecule has 0 saturated heterocycles. The Labute approximate surface area is 96.1 Å². The van der Waals surface area contributed by atoms with E-state index in [0.717, 1.165) is 42.5 Å². The zero-order valence-corrected chi connectivity index (χ0v) is 10.5. The van der Waals surface area contributed by atoms with Crippen LogP contribution in [0.1, 0.15) is 32.5 Å². The smallest absolute Gasteiger partial charge is 0.132 e. The van der Waals surface area contributed by atoms with Gasteiger partial charge in [0.2, 0.25) is 0 Å². The fourth-order valence-corrected chi connectivity index (χ4v) is 1.68. The Morgan fingerprint density at radius 3 is 2.67 bits per heavy atom. The van der Waals surface area contributed by atoms with Crippen molar-refractivity contribution in [3.05, 3.63) is 11.9 Å². The maximum absolute atomic E-state index is 4.47. The minimum atomic E-state index is 0.947. The number of anilines is 1. The van der Waals surface area contributed by atoms with Gasteiger partial charge < -0.3 is 5.32 Å². The summed E-state index contributed by atoms with van der Waals surface area (Å²) in [6.07, 6.45) is 5.20. The van der Waals surface area contributed by atoms with E-state index in [2.05, 4.69) is 29.1 Å². The highest BCUT2D eigenvalue weighted by Gasteiger charge is 2.02. The van der Waals surface area contributed by atoms with Crippen molar-refractivity contribution in [3.8, 4) is 0 Å². The van der Waals surface area contributed by atoms with Gasteiger partial charge in [-0.1, -0.05) is 13.8 Å². The van der Waals surface area contributed by atoms with Crippen LogP contribution in [-0.2, 0) is 6.42 Å². The second-order valence-electron chi connectivity index (χ2n) is 3.39. The summed E-state index contributed by atoms with van der Waals surface area (Å²) in [5, 5.41) is 4.35. The Hall–Kier alpha value is -0.770. The Bertz CT molecular complexity index is 302. The molecule has 3 nitrogen and oxygen atoms in total. The molecule has 0 fully saturated rings. The lowest BCUT2D eigenvalue weighted by molar-refractivity contribution is 0.808. The highest BCUT2D eigenvalue weighted by atomic mass is 32.2. The first-order chi connectivity index (χ1) is 7.30. The minimum absolute atomic E-state index is 0.947. The van der Waals surface area contributed by atoms with Crippen LogP contribution in [0.5, 0.6) is 0 Å². The summed E-state index contributed by atoms with van der Waals surface area (Å²) < 4.78 is 0. The first-order valence-electron chi connectivity index (χ1n) is 5.46. The van der Waals surface area contributed by atoms with E-state index in [1.165, 1.54) is 0 Å². The molecule has 0 spiro atoms. The monoisotopic (exact) mass is 225 g/mol. The molecule has 4 heteroatoms. The van der Waals surface area contributed by atoms with E-state index in [-0.39, 0.29) is 0 Å². The molecule has 1 heterocycles. The number of hydrogen-bond acceptors (Lipinski definition) is 4. The third kappa shape index (κ3) is 4.08. The number of aryl methyl sites for hydroxylation is 1. The van der Waals surface area contributed by atoms with E-state index < -0.39 is 0 Å². The van der Waals surface area contributed by atoms with Crippen molar-refractivity contribution in [2.45, 2.75) is 38.1 Å². The summed E-state index contributed by atoms with van der Waals surface area (Å²) in [4.78, 5) is 8.93. The van der Waals surface area contributed by atoms with Crippen molar-refractivity contribution < 1.29 is 0 Å². The topological polar surface area (TPSA) is 37.8 Å². The maximum Gasteiger partial charge on any atom is 0.132 e. The van der Waals surface area contributed by atoms with E-state index in [0.29, 0.717) is 0 Å². The van der Waals surface area contributed by atoms with Crippen LogP contribution in [0.25, 0.3) is 0 Å². The van der Waals surface area contributed by atoms with Crippen LogP contribution in [0.15, 0.2) is 11.1 Å². The van der Waals surface area contributed by atoms with Crippen LogP contribution >= 0.6 is 11.8 Å². The van der Waals surface area contributed by atoms with Crippen molar-refractivity contribution in [2.75, 3.05) is 18.1 Å². The predicted octanol–water partition coefficient (Wildman–Crippen LogP) is 2.97. The molecule has 84 valence electrons. The normalized spacial score (nSPS) is 10.3. The van der Waals surface area contributed by atoms with Crippen LogP contribution in [0.3, 0.4) is 0 Å². The van der Waals surface area contributed by atoms with Gasteiger partial charge in [-0.15, -0.1) is 11.8 Å². The van der Waals surface area contributed by atoms with Gasteiger partial charge in [0.1, 0.15) is 16.7 Å². The Morgan fingerprint density at radius 1 is 1.27 bits per heavy atom. The molecular formula is C11H19N3S. The van der Waals surface area contributed by atoms with E-state index in [1.807, 2.05) is 12.3 Å². The molecule has 0 bridgehead atoms. The molecule has 0 saturated carbocycles. The summed E-state index contributed by atoms with van der Waals surface area (Å²) in [5.41, 5.74) is 0. The Balaban J connectivity index is 2.79. The summed E-state index contributed by atoms with van der Waals surface area (Å²) >= 11 is 1.67. The molecule has 0 radical (unpaired) electrons. The van der Waals surface area contributed by atoms with Crippen LogP contribution in [0, 0.1) is 0 Å². The number of thioether (sulfide) groups is 1. The van der Waals surface area contributed by atoms with Crippen LogP contribution < -0.4 is 5.32 Å². The van der Waals surface area contributed by atoms with E-state index in [9.17, 15) is 0 Å². The number of rotatable bonds is 6. The summed E-state index contributed by atoms with van der Waals surface area (Å²) in [7, 11) is 0. The lowest BCUT2D eigenvalue weighted by Crippen LogP contribution is -2.05. The van der Waals surface area contributed by atoms with Crippen LogP contribution in [-0.4, -0.2) is 22.8 Å². The SMILES string of the molecule is CCCNc1cc(SC)nc(CCC)n1. The summed E-state index contributed by atoms with van der Waals surface area (Å²) in [5.74, 6) is 1.91. The molecule has 1 aromatic rings. The van der Waals surface area contributed by atoms with Crippen LogP contribution in [0.2, 0.25) is 0 Å². The van der Waals surface area contributed by atoms with Gasteiger partial charge in [-0.05, 0) is 19.1 Å². The minimum Gasteiger partial charge on any atom is -0.370 e. The average Bonchev–Trinajstić information content (AvgIpc) is 2.26. The lowest BCUT2D eigenvalue weighted by Gasteiger charge is -2.07. The molecule has 0 atom stereocenters. The van der Waals surface area contributed by atoms with Gasteiger partial charge in [-0.2, -0.15) is 0 Å². The number of nitrogens with zero attached hydrogens (tertiary/aromatic N) is 2. The molecule has 0 aromatic carbocycles. The molecule has 0 aliphatic rings. The molecule has 0 amide bonds. The summed E-state index contributed by atoms with van der Waals surface area (Å²) in [6.45, 7) is 5.27. The first kappa shape index (κ1) is 12.3. The third-order valence-corrected chi connectivity index (χ3v) is 2.62. The van der Waals surface area contributed by atoms with E-state index in [1.54, 1.807) is 11.8 Å². The van der Waals surface area contributed by atoms with E-state index in [4.69, 9.17) is 0 Å². The average molecular weight is 225 g/mol. The van der Waals surface area contributed by atoms with Crippen molar-refractivity contribution in [1.82, 2.24) is 9.97 Å². The maximum atomic E-state index is 4.47. The van der Waals surface area contributed by atoms with Gasteiger partial charge in [0.05, 0.1) is 0 Å². The molecule has 0 aliphatic carbocycles. The number of aromatic nitrogens is 2. The third-order valence-electron chi connectivity index (χ3n) is 1.99. The van der Waals surface area contributed by atoms with Gasteiger partial charge in [0.25, 0.3) is 0 Å². The zero-order chi connectivity index (χ0) is 11.1. The van der Waals surface area contributed by atoms with Gasteiger partial charge in [0.15, 0.2) is 0 Å². The highest BCUT2D eigenvalue weighted by Crippen LogP contribution is 2.16. The molecular weight excluding hydrogens is 206 g/mol. The molecule has 15 heavy (non-hydrogen) atoms. The highest BCUT2D eigenvalue weighted by molar-refractivity contribution is 7.98. The quantitative estimate of drug-likeness (QED) is 0.596.